The number of hydrogen-bond donors (Lipinski definition) is 1. The summed E-state index contributed by atoms with van der Waals surface area (Å²) in [6.07, 6.45) is 0. The monoisotopic (exact) mass is 305 g/mol. The standard InChI is InChI=1S/C16H16ClNOS/c1-3-18-15(16-14(17)10(2)9-20-16)13-8-11-6-4-5-7-12(11)19-13/h4-9,15,18H,3H2,1-2H3. The number of hydrogen-bond acceptors (Lipinski definition) is 3. The summed E-state index contributed by atoms with van der Waals surface area (Å²) in [6.45, 7) is 4.98. The van der Waals surface area contributed by atoms with E-state index >= 15 is 0 Å². The van der Waals surface area contributed by atoms with E-state index in [4.69, 9.17) is 16.0 Å². The highest BCUT2D eigenvalue weighted by Crippen LogP contribution is 2.37. The molecule has 0 radical (unpaired) electrons. The van der Waals surface area contributed by atoms with Gasteiger partial charge in [-0.15, -0.1) is 11.3 Å². The number of thiophene rings is 1. The predicted octanol–water partition coefficient (Wildman–Crippen LogP) is 5.16. The zero-order chi connectivity index (χ0) is 14.1. The number of rotatable bonds is 4. The van der Waals surface area contributed by atoms with E-state index in [0.717, 1.165) is 38.7 Å². The zero-order valence-electron chi connectivity index (χ0n) is 11.4. The number of fused-ring (bicyclic) bond motifs is 1. The molecule has 0 aliphatic heterocycles. The van der Waals surface area contributed by atoms with Gasteiger partial charge in [0.05, 0.1) is 5.02 Å². The number of benzene rings is 1. The van der Waals surface area contributed by atoms with Gasteiger partial charge in [0.25, 0.3) is 0 Å². The molecular weight excluding hydrogens is 290 g/mol. The molecule has 0 spiro atoms. The van der Waals surface area contributed by atoms with Gasteiger partial charge in [-0.25, -0.2) is 0 Å². The highest BCUT2D eigenvalue weighted by molar-refractivity contribution is 7.10. The van der Waals surface area contributed by atoms with E-state index < -0.39 is 0 Å². The molecule has 2 aromatic heterocycles. The van der Waals surface area contributed by atoms with E-state index in [0.29, 0.717) is 0 Å². The van der Waals surface area contributed by atoms with Gasteiger partial charge in [-0.2, -0.15) is 0 Å². The van der Waals surface area contributed by atoms with Crippen LogP contribution in [0.2, 0.25) is 5.02 Å². The van der Waals surface area contributed by atoms with Crippen LogP contribution < -0.4 is 5.32 Å². The van der Waals surface area contributed by atoms with Gasteiger partial charge >= 0.3 is 0 Å². The number of furan rings is 1. The summed E-state index contributed by atoms with van der Waals surface area (Å²) >= 11 is 8.09. The van der Waals surface area contributed by atoms with Gasteiger partial charge in [0.1, 0.15) is 17.4 Å². The molecule has 3 aromatic rings. The van der Waals surface area contributed by atoms with Crippen LogP contribution in [0.1, 0.15) is 29.2 Å². The van der Waals surface area contributed by atoms with Crippen molar-refractivity contribution >= 4 is 33.9 Å². The molecule has 0 saturated heterocycles. The minimum absolute atomic E-state index is 0.0126. The van der Waals surface area contributed by atoms with Gasteiger partial charge in [-0.05, 0) is 36.5 Å². The Labute approximate surface area is 127 Å². The molecule has 20 heavy (non-hydrogen) atoms. The van der Waals surface area contributed by atoms with Crippen LogP contribution in [-0.4, -0.2) is 6.54 Å². The summed E-state index contributed by atoms with van der Waals surface area (Å²) < 4.78 is 5.99. The van der Waals surface area contributed by atoms with Gasteiger partial charge in [0, 0.05) is 10.3 Å². The molecule has 2 heterocycles. The Morgan fingerprint density at radius 3 is 2.80 bits per heavy atom. The van der Waals surface area contributed by atoms with Gasteiger partial charge in [0.15, 0.2) is 0 Å². The molecule has 0 saturated carbocycles. The normalized spacial score (nSPS) is 12.9. The fourth-order valence-corrected chi connectivity index (χ4v) is 3.70. The predicted molar refractivity (Wildman–Crippen MR) is 85.8 cm³/mol. The quantitative estimate of drug-likeness (QED) is 0.720. The van der Waals surface area contributed by atoms with Crippen molar-refractivity contribution in [2.75, 3.05) is 6.54 Å². The van der Waals surface area contributed by atoms with Gasteiger partial charge in [-0.3, -0.25) is 0 Å². The topological polar surface area (TPSA) is 25.2 Å². The molecular formula is C16H16ClNOS. The van der Waals surface area contributed by atoms with Gasteiger partial charge in [0.2, 0.25) is 0 Å². The fourth-order valence-electron chi connectivity index (χ4n) is 2.32. The first-order valence-corrected chi connectivity index (χ1v) is 7.91. The maximum absolute atomic E-state index is 6.42. The molecule has 3 rings (SSSR count). The largest absolute Gasteiger partial charge is 0.459 e. The molecule has 104 valence electrons. The zero-order valence-corrected chi connectivity index (χ0v) is 13.0. The van der Waals surface area contributed by atoms with Crippen molar-refractivity contribution in [2.45, 2.75) is 19.9 Å². The Bertz CT molecular complexity index is 698. The van der Waals surface area contributed by atoms with E-state index in [1.54, 1.807) is 11.3 Å². The molecule has 0 amide bonds. The van der Waals surface area contributed by atoms with Crippen LogP contribution in [0.3, 0.4) is 0 Å². The molecule has 0 bridgehead atoms. The Balaban J connectivity index is 2.08. The maximum atomic E-state index is 6.42. The second kappa shape index (κ2) is 5.60. The first kappa shape index (κ1) is 13.7. The molecule has 1 atom stereocenters. The lowest BCUT2D eigenvalue weighted by Crippen LogP contribution is -2.20. The lowest BCUT2D eigenvalue weighted by Gasteiger charge is -2.14. The smallest absolute Gasteiger partial charge is 0.134 e. The second-order valence-corrected chi connectivity index (χ2v) is 6.06. The van der Waals surface area contributed by atoms with E-state index in [9.17, 15) is 0 Å². The van der Waals surface area contributed by atoms with Crippen molar-refractivity contribution in [2.24, 2.45) is 0 Å². The Morgan fingerprint density at radius 2 is 2.15 bits per heavy atom. The van der Waals surface area contributed by atoms with Crippen LogP contribution >= 0.6 is 22.9 Å². The van der Waals surface area contributed by atoms with Gasteiger partial charge < -0.3 is 9.73 Å². The van der Waals surface area contributed by atoms with E-state index in [1.807, 2.05) is 25.1 Å². The third-order valence-corrected chi connectivity index (χ3v) is 5.10. The third-order valence-electron chi connectivity index (χ3n) is 3.32. The molecule has 1 unspecified atom stereocenters. The third kappa shape index (κ3) is 2.37. The number of halogens is 1. The minimum Gasteiger partial charge on any atom is -0.459 e. The van der Waals surface area contributed by atoms with Crippen molar-refractivity contribution in [1.82, 2.24) is 5.32 Å². The Morgan fingerprint density at radius 1 is 1.35 bits per heavy atom. The minimum atomic E-state index is 0.0126. The van der Waals surface area contributed by atoms with Gasteiger partial charge in [-0.1, -0.05) is 36.7 Å². The number of aryl methyl sites for hydroxylation is 1. The van der Waals surface area contributed by atoms with Crippen molar-refractivity contribution < 1.29 is 4.42 Å². The highest BCUT2D eigenvalue weighted by atomic mass is 35.5. The molecule has 2 nitrogen and oxygen atoms in total. The van der Waals surface area contributed by atoms with Crippen LogP contribution in [0.25, 0.3) is 11.0 Å². The Hall–Kier alpha value is -1.29. The van der Waals surface area contributed by atoms with E-state index in [1.165, 1.54) is 0 Å². The van der Waals surface area contributed by atoms with Crippen molar-refractivity contribution in [3.8, 4) is 0 Å². The summed E-state index contributed by atoms with van der Waals surface area (Å²) in [7, 11) is 0. The Kier molecular flexibility index (Phi) is 3.83. The maximum Gasteiger partial charge on any atom is 0.134 e. The molecule has 0 fully saturated rings. The lowest BCUT2D eigenvalue weighted by atomic mass is 10.1. The fraction of sp³-hybridized carbons (Fsp3) is 0.250. The van der Waals surface area contributed by atoms with Crippen LogP contribution in [0.4, 0.5) is 0 Å². The summed E-state index contributed by atoms with van der Waals surface area (Å²) in [4.78, 5) is 1.12. The molecule has 1 N–H and O–H groups in total. The second-order valence-electron chi connectivity index (χ2n) is 4.77. The first-order valence-electron chi connectivity index (χ1n) is 6.66. The van der Waals surface area contributed by atoms with Crippen LogP contribution in [-0.2, 0) is 0 Å². The summed E-state index contributed by atoms with van der Waals surface area (Å²) in [5.74, 6) is 0.914. The van der Waals surface area contributed by atoms with E-state index in [-0.39, 0.29) is 6.04 Å². The number of nitrogens with one attached hydrogen (secondary N) is 1. The molecule has 4 heteroatoms. The van der Waals surface area contributed by atoms with Crippen LogP contribution in [0.5, 0.6) is 0 Å². The molecule has 1 aromatic carbocycles. The molecule has 0 aliphatic carbocycles. The average Bonchev–Trinajstić information content (AvgIpc) is 3.01. The van der Waals surface area contributed by atoms with Crippen LogP contribution in [0, 0.1) is 6.92 Å². The summed E-state index contributed by atoms with van der Waals surface area (Å²) in [5, 5.41) is 7.51. The SMILES string of the molecule is CCNC(c1cc2ccccc2o1)c1scc(C)c1Cl. The summed E-state index contributed by atoms with van der Waals surface area (Å²) in [5.41, 5.74) is 2.03. The highest BCUT2D eigenvalue weighted by Gasteiger charge is 2.22. The summed E-state index contributed by atoms with van der Waals surface area (Å²) in [6, 6.07) is 10.2. The van der Waals surface area contributed by atoms with Crippen molar-refractivity contribution in [3.05, 3.63) is 56.9 Å². The average molecular weight is 306 g/mol. The van der Waals surface area contributed by atoms with E-state index in [2.05, 4.69) is 29.8 Å². The van der Waals surface area contributed by atoms with Crippen molar-refractivity contribution in [3.63, 3.8) is 0 Å². The lowest BCUT2D eigenvalue weighted by molar-refractivity contribution is 0.481. The first-order chi connectivity index (χ1) is 9.70. The van der Waals surface area contributed by atoms with Crippen molar-refractivity contribution in [1.29, 1.82) is 0 Å². The number of para-hydroxylation sites is 1. The molecule has 0 aliphatic rings. The van der Waals surface area contributed by atoms with Crippen LogP contribution in [0.15, 0.2) is 40.1 Å².